The number of morpholine rings is 1. The van der Waals surface area contributed by atoms with Crippen molar-refractivity contribution in [1.82, 2.24) is 25.5 Å². The van der Waals surface area contributed by atoms with Gasteiger partial charge in [0.25, 0.3) is 0 Å². The second kappa shape index (κ2) is 12.4. The maximum Gasteiger partial charge on any atom is 0.237 e. The molecule has 4 heterocycles. The molecular weight excluding hydrogens is 522 g/mol. The van der Waals surface area contributed by atoms with E-state index in [1.807, 2.05) is 24.3 Å². The van der Waals surface area contributed by atoms with Crippen molar-refractivity contribution < 1.29 is 19.4 Å². The molecule has 0 aliphatic carbocycles. The monoisotopic (exact) mass is 559 g/mol. The Morgan fingerprint density at radius 2 is 1.95 bits per heavy atom. The van der Waals surface area contributed by atoms with Crippen molar-refractivity contribution in [2.24, 2.45) is 0 Å². The number of nitrogens with zero attached hydrogens (tertiary/aromatic N) is 4. The van der Waals surface area contributed by atoms with Crippen molar-refractivity contribution in [2.75, 3.05) is 63.3 Å². The van der Waals surface area contributed by atoms with Crippen LogP contribution in [0.3, 0.4) is 0 Å². The van der Waals surface area contributed by atoms with E-state index in [2.05, 4.69) is 48.9 Å². The van der Waals surface area contributed by atoms with Crippen molar-refractivity contribution in [2.45, 2.75) is 31.7 Å². The van der Waals surface area contributed by atoms with E-state index in [1.54, 1.807) is 13.3 Å². The Kier molecular flexibility index (Phi) is 8.28. The summed E-state index contributed by atoms with van der Waals surface area (Å²) in [6, 6.07) is 13.7. The summed E-state index contributed by atoms with van der Waals surface area (Å²) >= 11 is 0. The van der Waals surface area contributed by atoms with Gasteiger partial charge in [0.15, 0.2) is 0 Å². The molecule has 3 aliphatic heterocycles. The molecule has 1 amide bonds. The van der Waals surface area contributed by atoms with Gasteiger partial charge in [0, 0.05) is 74.5 Å². The molecule has 2 fully saturated rings. The van der Waals surface area contributed by atoms with Crippen LogP contribution >= 0.6 is 0 Å². The summed E-state index contributed by atoms with van der Waals surface area (Å²) in [6.45, 7) is 5.58. The van der Waals surface area contributed by atoms with Gasteiger partial charge in [0.2, 0.25) is 11.9 Å². The molecular formula is C30H37N7O4. The third kappa shape index (κ3) is 6.28. The lowest BCUT2D eigenvalue weighted by Gasteiger charge is -2.32. The van der Waals surface area contributed by atoms with Gasteiger partial charge in [-0.3, -0.25) is 9.69 Å². The molecule has 11 heteroatoms. The molecule has 6 rings (SSSR count). The summed E-state index contributed by atoms with van der Waals surface area (Å²) in [7, 11) is 1.66. The summed E-state index contributed by atoms with van der Waals surface area (Å²) in [5, 5.41) is 20.4. The number of carbonyl (C=O) groups is 1. The van der Waals surface area contributed by atoms with E-state index < -0.39 is 12.1 Å². The van der Waals surface area contributed by atoms with Gasteiger partial charge in [-0.05, 0) is 54.4 Å². The molecule has 2 aromatic carbocycles. The van der Waals surface area contributed by atoms with Crippen LogP contribution < -0.4 is 25.6 Å². The van der Waals surface area contributed by atoms with Crippen LogP contribution in [0.25, 0.3) is 11.3 Å². The molecule has 3 aliphatic rings. The van der Waals surface area contributed by atoms with E-state index in [9.17, 15) is 9.90 Å². The summed E-state index contributed by atoms with van der Waals surface area (Å²) < 4.78 is 11.2. The summed E-state index contributed by atoms with van der Waals surface area (Å²) in [5.74, 6) is 1.22. The maximum absolute atomic E-state index is 13.3. The lowest BCUT2D eigenvalue weighted by Crippen LogP contribution is -2.45. The Morgan fingerprint density at radius 3 is 2.80 bits per heavy atom. The average molecular weight is 560 g/mol. The van der Waals surface area contributed by atoms with Crippen molar-refractivity contribution in [3.8, 4) is 17.0 Å². The van der Waals surface area contributed by atoms with Crippen LogP contribution in [0.2, 0.25) is 0 Å². The number of amides is 1. The highest BCUT2D eigenvalue weighted by Crippen LogP contribution is 2.31. The number of anilines is 3. The molecule has 2 saturated heterocycles. The molecule has 1 unspecified atom stereocenters. The van der Waals surface area contributed by atoms with Gasteiger partial charge in [-0.15, -0.1) is 0 Å². The first-order valence-corrected chi connectivity index (χ1v) is 14.2. The number of nitrogens with one attached hydrogen (secondary N) is 3. The van der Waals surface area contributed by atoms with Gasteiger partial charge in [-0.2, -0.15) is 0 Å². The number of hydrogen-bond donors (Lipinski definition) is 4. The number of fused-ring (bicyclic) bond motifs is 8. The van der Waals surface area contributed by atoms with Crippen LogP contribution in [-0.4, -0.2) is 91.1 Å². The fraction of sp³-hybridized carbons (Fsp3) is 0.433. The van der Waals surface area contributed by atoms with E-state index in [1.165, 1.54) is 0 Å². The third-order valence-electron chi connectivity index (χ3n) is 7.89. The van der Waals surface area contributed by atoms with Crippen LogP contribution in [0.15, 0.2) is 48.7 Å². The fourth-order valence-electron chi connectivity index (χ4n) is 5.85. The Hall–Kier alpha value is -3.77. The first-order chi connectivity index (χ1) is 20.1. The number of aliphatic hydroxyl groups excluding tert-OH is 1. The van der Waals surface area contributed by atoms with Crippen LogP contribution in [0.1, 0.15) is 17.5 Å². The fourth-order valence-corrected chi connectivity index (χ4v) is 5.85. The number of aliphatic hydroxyl groups is 1. The number of ether oxygens (including phenoxy) is 2. The Labute approximate surface area is 239 Å². The molecule has 11 nitrogen and oxygen atoms in total. The highest BCUT2D eigenvalue weighted by atomic mass is 16.5. The number of aromatic nitrogens is 2. The van der Waals surface area contributed by atoms with Crippen LogP contribution in [-0.2, 0) is 22.6 Å². The van der Waals surface area contributed by atoms with E-state index in [0.717, 1.165) is 52.6 Å². The molecule has 0 radical (unpaired) electrons. The Morgan fingerprint density at radius 1 is 1.07 bits per heavy atom. The quantitative estimate of drug-likeness (QED) is 0.370. The minimum atomic E-state index is -0.550. The Bertz CT molecular complexity index is 1380. The Balaban J connectivity index is 1.37. The van der Waals surface area contributed by atoms with E-state index in [4.69, 9.17) is 14.5 Å². The normalized spacial score (nSPS) is 22.0. The molecule has 6 bridgehead atoms. The molecule has 4 N–H and O–H groups in total. The molecule has 0 spiro atoms. The first kappa shape index (κ1) is 27.4. The molecule has 41 heavy (non-hydrogen) atoms. The summed E-state index contributed by atoms with van der Waals surface area (Å²) in [5.41, 5.74) is 5.79. The number of methoxy groups -OCH3 is 1. The lowest BCUT2D eigenvalue weighted by atomic mass is 10.1. The van der Waals surface area contributed by atoms with Gasteiger partial charge < -0.3 is 35.4 Å². The summed E-state index contributed by atoms with van der Waals surface area (Å²) in [6.07, 6.45) is 1.62. The highest BCUT2D eigenvalue weighted by molar-refractivity contribution is 5.82. The molecule has 216 valence electrons. The largest absolute Gasteiger partial charge is 0.496 e. The number of carbonyl (C=O) groups excluding carboxylic acids is 1. The van der Waals surface area contributed by atoms with E-state index in [0.29, 0.717) is 58.3 Å². The van der Waals surface area contributed by atoms with E-state index >= 15 is 0 Å². The maximum atomic E-state index is 13.3. The SMILES string of the molecule is COc1ccc2cc1CNCCNC(=O)C1C[C@@H](O)CN1Cc1cc(ccc1N1CCOCC1)Nc1nccc-2n1. The number of rotatable bonds is 2. The van der Waals surface area contributed by atoms with Gasteiger partial charge in [0.05, 0.1) is 38.2 Å². The predicted molar refractivity (Wildman–Crippen MR) is 156 cm³/mol. The van der Waals surface area contributed by atoms with Gasteiger partial charge in [-0.1, -0.05) is 0 Å². The number of hydrogen-bond acceptors (Lipinski definition) is 10. The van der Waals surface area contributed by atoms with Crippen LogP contribution in [0.4, 0.5) is 17.3 Å². The second-order valence-electron chi connectivity index (χ2n) is 10.7. The third-order valence-corrected chi connectivity index (χ3v) is 7.89. The van der Waals surface area contributed by atoms with E-state index in [-0.39, 0.29) is 5.91 Å². The zero-order valence-electron chi connectivity index (χ0n) is 23.3. The zero-order chi connectivity index (χ0) is 28.2. The average Bonchev–Trinajstić information content (AvgIpc) is 3.37. The van der Waals surface area contributed by atoms with Crippen LogP contribution in [0, 0.1) is 0 Å². The molecule has 0 saturated carbocycles. The topological polar surface area (TPSA) is 124 Å². The minimum Gasteiger partial charge on any atom is -0.496 e. The number of benzene rings is 2. The highest BCUT2D eigenvalue weighted by Gasteiger charge is 2.36. The van der Waals surface area contributed by atoms with Gasteiger partial charge in [-0.25, -0.2) is 9.97 Å². The molecule has 2 atom stereocenters. The van der Waals surface area contributed by atoms with Crippen molar-refractivity contribution >= 4 is 23.2 Å². The molecule has 3 aromatic rings. The van der Waals surface area contributed by atoms with Gasteiger partial charge in [0.1, 0.15) is 5.75 Å². The van der Waals surface area contributed by atoms with Crippen molar-refractivity contribution in [3.63, 3.8) is 0 Å². The standard InChI is InChI=1S/C30H37N7O4/c1-40-28-5-2-20-14-21(28)17-31-8-9-32-29(39)27-16-24(38)19-37(27)18-22-15-23(34-30-33-7-6-25(20)35-30)3-4-26(22)36-10-12-41-13-11-36/h2-7,14-15,24,27,31,38H,8-13,16-19H2,1H3,(H,32,39)(H,33,34,35)/t24-,27?/m1/s1. The lowest BCUT2D eigenvalue weighted by molar-refractivity contribution is -0.125. The van der Waals surface area contributed by atoms with Gasteiger partial charge >= 0.3 is 0 Å². The van der Waals surface area contributed by atoms with Crippen molar-refractivity contribution in [3.05, 3.63) is 59.8 Å². The summed E-state index contributed by atoms with van der Waals surface area (Å²) in [4.78, 5) is 27.0. The minimum absolute atomic E-state index is 0.0625. The second-order valence-corrected chi connectivity index (χ2v) is 10.7. The smallest absolute Gasteiger partial charge is 0.237 e. The zero-order valence-corrected chi connectivity index (χ0v) is 23.3. The predicted octanol–water partition coefficient (Wildman–Crippen LogP) is 1.89. The van der Waals surface area contributed by atoms with Crippen LogP contribution in [0.5, 0.6) is 5.75 Å². The van der Waals surface area contributed by atoms with Crippen molar-refractivity contribution in [1.29, 1.82) is 0 Å². The molecule has 1 aromatic heterocycles. The first-order valence-electron chi connectivity index (χ1n) is 14.2.